The fraction of sp³-hybridized carbons (Fsp3) is 0.318. The Morgan fingerprint density at radius 2 is 2.07 bits per heavy atom. The lowest BCUT2D eigenvalue weighted by molar-refractivity contribution is -0.123. The number of nitrogens with one attached hydrogen (secondary N) is 1. The van der Waals surface area contributed by atoms with Crippen molar-refractivity contribution in [1.82, 2.24) is 20.4 Å². The van der Waals surface area contributed by atoms with Gasteiger partial charge in [-0.1, -0.05) is 31.2 Å². The SMILES string of the molecule is CCCN(CC(=O)N[C@@H](C)c1cc2ccccc2o1)Cc1nnc(-c2cccs2)o1. The minimum atomic E-state index is -0.220. The molecule has 3 aromatic heterocycles. The molecule has 0 saturated heterocycles. The number of rotatable bonds is 9. The van der Waals surface area contributed by atoms with Crippen LogP contribution >= 0.6 is 11.3 Å². The Labute approximate surface area is 178 Å². The first-order valence-corrected chi connectivity index (χ1v) is 10.9. The van der Waals surface area contributed by atoms with Crippen LogP contribution in [0.3, 0.4) is 0 Å². The number of para-hydroxylation sites is 1. The van der Waals surface area contributed by atoms with Gasteiger partial charge in [-0.2, -0.15) is 0 Å². The molecule has 8 heteroatoms. The monoisotopic (exact) mass is 424 g/mol. The van der Waals surface area contributed by atoms with Crippen LogP contribution in [0.5, 0.6) is 0 Å². The number of carbonyl (C=O) groups excluding carboxylic acids is 1. The molecule has 156 valence electrons. The molecule has 4 aromatic rings. The van der Waals surface area contributed by atoms with Crippen molar-refractivity contribution in [3.63, 3.8) is 0 Å². The smallest absolute Gasteiger partial charge is 0.257 e. The largest absolute Gasteiger partial charge is 0.459 e. The highest BCUT2D eigenvalue weighted by Gasteiger charge is 2.19. The predicted molar refractivity (Wildman–Crippen MR) is 116 cm³/mol. The van der Waals surface area contributed by atoms with Crippen molar-refractivity contribution < 1.29 is 13.6 Å². The first-order valence-electron chi connectivity index (χ1n) is 9.99. The van der Waals surface area contributed by atoms with Crippen molar-refractivity contribution in [2.24, 2.45) is 0 Å². The second kappa shape index (κ2) is 9.23. The molecule has 0 fully saturated rings. The maximum Gasteiger partial charge on any atom is 0.257 e. The van der Waals surface area contributed by atoms with Gasteiger partial charge in [0.25, 0.3) is 5.89 Å². The van der Waals surface area contributed by atoms with Gasteiger partial charge < -0.3 is 14.2 Å². The van der Waals surface area contributed by atoms with Crippen molar-refractivity contribution in [1.29, 1.82) is 0 Å². The van der Waals surface area contributed by atoms with Crippen LogP contribution in [0.2, 0.25) is 0 Å². The molecule has 1 N–H and O–H groups in total. The zero-order chi connectivity index (χ0) is 20.9. The summed E-state index contributed by atoms with van der Waals surface area (Å²) in [5.41, 5.74) is 0.819. The normalized spacial score (nSPS) is 12.5. The van der Waals surface area contributed by atoms with Crippen LogP contribution in [0, 0.1) is 0 Å². The van der Waals surface area contributed by atoms with E-state index in [1.165, 1.54) is 0 Å². The fourth-order valence-corrected chi connectivity index (χ4v) is 3.96. The highest BCUT2D eigenvalue weighted by Crippen LogP contribution is 2.24. The standard InChI is InChI=1S/C22H24N4O3S/c1-3-10-26(14-21-24-25-22(29-21)19-9-6-11-30-19)13-20(27)23-15(2)18-12-16-7-4-5-8-17(16)28-18/h4-9,11-12,15H,3,10,13-14H2,1-2H3,(H,23,27)/t15-/m0/s1. The number of benzene rings is 1. The van der Waals surface area contributed by atoms with Crippen LogP contribution < -0.4 is 5.32 Å². The van der Waals surface area contributed by atoms with Gasteiger partial charge in [-0.15, -0.1) is 21.5 Å². The number of nitrogens with zero attached hydrogens (tertiary/aromatic N) is 3. The summed E-state index contributed by atoms with van der Waals surface area (Å²) in [7, 11) is 0. The number of fused-ring (bicyclic) bond motifs is 1. The van der Waals surface area contributed by atoms with Gasteiger partial charge in [0, 0.05) is 5.39 Å². The molecular formula is C22H24N4O3S. The van der Waals surface area contributed by atoms with Gasteiger partial charge in [0.05, 0.1) is 24.0 Å². The maximum atomic E-state index is 12.6. The predicted octanol–water partition coefficient (Wildman–Crippen LogP) is 4.63. The second-order valence-corrected chi connectivity index (χ2v) is 8.11. The first kappa shape index (κ1) is 20.3. The lowest BCUT2D eigenvalue weighted by Crippen LogP contribution is -2.38. The molecule has 3 heterocycles. The van der Waals surface area contributed by atoms with E-state index in [1.54, 1.807) is 11.3 Å². The third-order valence-electron chi connectivity index (χ3n) is 4.71. The van der Waals surface area contributed by atoms with E-state index in [1.807, 2.05) is 59.7 Å². The molecule has 1 atom stereocenters. The van der Waals surface area contributed by atoms with Crippen molar-refractivity contribution in [3.05, 3.63) is 59.5 Å². The number of furan rings is 1. The van der Waals surface area contributed by atoms with Gasteiger partial charge in [0.2, 0.25) is 11.8 Å². The van der Waals surface area contributed by atoms with E-state index < -0.39 is 0 Å². The van der Waals surface area contributed by atoms with Gasteiger partial charge in [-0.3, -0.25) is 9.69 Å². The van der Waals surface area contributed by atoms with Crippen LogP contribution in [-0.4, -0.2) is 34.1 Å². The molecular weight excluding hydrogens is 400 g/mol. The average Bonchev–Trinajstić information content (AvgIpc) is 3.47. The summed E-state index contributed by atoms with van der Waals surface area (Å²) in [5, 5.41) is 14.3. The number of amides is 1. The van der Waals surface area contributed by atoms with Gasteiger partial charge in [-0.05, 0) is 43.5 Å². The minimum Gasteiger partial charge on any atom is -0.459 e. The third-order valence-corrected chi connectivity index (χ3v) is 5.57. The van der Waals surface area contributed by atoms with Crippen molar-refractivity contribution in [2.45, 2.75) is 32.9 Å². The average molecular weight is 425 g/mol. The zero-order valence-electron chi connectivity index (χ0n) is 17.0. The molecule has 4 rings (SSSR count). The lowest BCUT2D eigenvalue weighted by Gasteiger charge is -2.20. The molecule has 0 spiro atoms. The molecule has 7 nitrogen and oxygen atoms in total. The summed E-state index contributed by atoms with van der Waals surface area (Å²) >= 11 is 1.55. The molecule has 30 heavy (non-hydrogen) atoms. The van der Waals surface area contributed by atoms with Crippen LogP contribution in [0.1, 0.15) is 38.0 Å². The summed E-state index contributed by atoms with van der Waals surface area (Å²) in [4.78, 5) is 15.6. The molecule has 1 aromatic carbocycles. The van der Waals surface area contributed by atoms with Gasteiger partial charge in [-0.25, -0.2) is 0 Å². The van der Waals surface area contributed by atoms with Crippen molar-refractivity contribution in [3.8, 4) is 10.8 Å². The molecule has 0 saturated carbocycles. The number of hydrogen-bond acceptors (Lipinski definition) is 7. The van der Waals surface area contributed by atoms with Gasteiger partial charge in [0.15, 0.2) is 0 Å². The summed E-state index contributed by atoms with van der Waals surface area (Å²) in [6, 6.07) is 13.5. The summed E-state index contributed by atoms with van der Waals surface area (Å²) in [6.45, 7) is 5.43. The first-order chi connectivity index (χ1) is 14.6. The summed E-state index contributed by atoms with van der Waals surface area (Å²) < 4.78 is 11.6. The quantitative estimate of drug-likeness (QED) is 0.422. The molecule has 0 aliphatic heterocycles. The Hall–Kier alpha value is -2.97. The Morgan fingerprint density at radius 1 is 1.20 bits per heavy atom. The zero-order valence-corrected chi connectivity index (χ0v) is 17.8. The maximum absolute atomic E-state index is 12.6. The summed E-state index contributed by atoms with van der Waals surface area (Å²) in [5.74, 6) is 1.68. The molecule has 0 bridgehead atoms. The summed E-state index contributed by atoms with van der Waals surface area (Å²) in [6.07, 6.45) is 0.915. The Bertz CT molecular complexity index is 1070. The highest BCUT2D eigenvalue weighted by atomic mass is 32.1. The van der Waals surface area contributed by atoms with E-state index in [0.29, 0.717) is 18.3 Å². The topological polar surface area (TPSA) is 84.4 Å². The minimum absolute atomic E-state index is 0.0746. The number of carbonyl (C=O) groups is 1. The molecule has 0 aliphatic carbocycles. The molecule has 0 unspecified atom stereocenters. The van der Waals surface area contributed by atoms with E-state index in [9.17, 15) is 4.79 Å². The van der Waals surface area contributed by atoms with E-state index in [0.717, 1.165) is 34.6 Å². The number of thiophene rings is 1. The van der Waals surface area contributed by atoms with E-state index in [2.05, 4.69) is 22.4 Å². The fourth-order valence-electron chi connectivity index (χ4n) is 3.32. The van der Waals surface area contributed by atoms with Crippen LogP contribution in [-0.2, 0) is 11.3 Å². The number of aromatic nitrogens is 2. The Morgan fingerprint density at radius 3 is 2.83 bits per heavy atom. The third kappa shape index (κ3) is 4.77. The van der Waals surface area contributed by atoms with E-state index >= 15 is 0 Å². The van der Waals surface area contributed by atoms with Gasteiger partial charge >= 0.3 is 0 Å². The van der Waals surface area contributed by atoms with Gasteiger partial charge in [0.1, 0.15) is 11.3 Å². The van der Waals surface area contributed by atoms with Crippen molar-refractivity contribution >= 4 is 28.2 Å². The Kier molecular flexibility index (Phi) is 6.25. The van der Waals surface area contributed by atoms with E-state index in [4.69, 9.17) is 8.83 Å². The lowest BCUT2D eigenvalue weighted by atomic mass is 10.2. The van der Waals surface area contributed by atoms with Crippen molar-refractivity contribution in [2.75, 3.05) is 13.1 Å². The molecule has 0 radical (unpaired) electrons. The van der Waals surface area contributed by atoms with Crippen LogP contribution in [0.25, 0.3) is 21.7 Å². The second-order valence-electron chi connectivity index (χ2n) is 7.16. The highest BCUT2D eigenvalue weighted by molar-refractivity contribution is 7.13. The molecule has 0 aliphatic rings. The molecule has 1 amide bonds. The van der Waals surface area contributed by atoms with E-state index in [-0.39, 0.29) is 18.5 Å². The van der Waals surface area contributed by atoms with Crippen LogP contribution in [0.15, 0.2) is 56.7 Å². The van der Waals surface area contributed by atoms with Crippen LogP contribution in [0.4, 0.5) is 0 Å². The Balaban J connectivity index is 1.36. The number of hydrogen-bond donors (Lipinski definition) is 1.